The van der Waals surface area contributed by atoms with Crippen LogP contribution >= 0.6 is 0 Å². The molecule has 0 spiro atoms. The van der Waals surface area contributed by atoms with Crippen molar-refractivity contribution in [2.24, 2.45) is 0 Å². The molecule has 1 heterocycles. The standard InChI is InChI=1S/C14H13F3N2O3/c15-14(16,17)8-22-11-4-3-10(6-9(11)7-18)19-13(20)12-2-1-5-21-12/h3-4,6,12H,1-2,5,8H2,(H,19,20)/t12-/m0/s1. The Hall–Kier alpha value is -2.27. The summed E-state index contributed by atoms with van der Waals surface area (Å²) in [5.41, 5.74) is 0.214. The molecule has 1 aromatic rings. The highest BCUT2D eigenvalue weighted by molar-refractivity contribution is 5.94. The molecule has 1 atom stereocenters. The zero-order valence-corrected chi connectivity index (χ0v) is 11.4. The molecule has 1 aliphatic heterocycles. The second-order valence-corrected chi connectivity index (χ2v) is 4.72. The third-order valence-electron chi connectivity index (χ3n) is 2.98. The van der Waals surface area contributed by atoms with Crippen LogP contribution in [0.5, 0.6) is 5.75 Å². The first-order valence-electron chi connectivity index (χ1n) is 6.55. The number of ether oxygens (including phenoxy) is 2. The molecule has 0 radical (unpaired) electrons. The minimum atomic E-state index is -4.49. The molecule has 0 saturated carbocycles. The molecule has 8 heteroatoms. The van der Waals surface area contributed by atoms with E-state index in [9.17, 15) is 18.0 Å². The number of carbonyl (C=O) groups excluding carboxylic acids is 1. The van der Waals surface area contributed by atoms with Gasteiger partial charge in [-0.1, -0.05) is 0 Å². The van der Waals surface area contributed by atoms with E-state index < -0.39 is 18.9 Å². The van der Waals surface area contributed by atoms with Crippen LogP contribution in [0.25, 0.3) is 0 Å². The number of rotatable bonds is 4. The highest BCUT2D eigenvalue weighted by Gasteiger charge is 2.29. The first kappa shape index (κ1) is 16.1. The monoisotopic (exact) mass is 314 g/mol. The number of nitrogens with one attached hydrogen (secondary N) is 1. The molecule has 22 heavy (non-hydrogen) atoms. The van der Waals surface area contributed by atoms with Crippen LogP contribution in [0.3, 0.4) is 0 Å². The summed E-state index contributed by atoms with van der Waals surface area (Å²) in [6, 6.07) is 5.59. The zero-order valence-electron chi connectivity index (χ0n) is 11.4. The number of anilines is 1. The molecule has 0 aliphatic carbocycles. The minimum Gasteiger partial charge on any atom is -0.483 e. The Bertz CT molecular complexity index is 590. The first-order valence-corrected chi connectivity index (χ1v) is 6.55. The topological polar surface area (TPSA) is 71.4 Å². The lowest BCUT2D eigenvalue weighted by Gasteiger charge is -2.13. The fourth-order valence-corrected chi connectivity index (χ4v) is 1.99. The molecule has 1 fully saturated rings. The Labute approximate surface area is 124 Å². The first-order chi connectivity index (χ1) is 10.4. The Morgan fingerprint density at radius 2 is 2.27 bits per heavy atom. The highest BCUT2D eigenvalue weighted by Crippen LogP contribution is 2.25. The van der Waals surface area contributed by atoms with Gasteiger partial charge in [-0.2, -0.15) is 18.4 Å². The Morgan fingerprint density at radius 1 is 1.50 bits per heavy atom. The summed E-state index contributed by atoms with van der Waals surface area (Å²) in [5.74, 6) is -0.528. The van der Waals surface area contributed by atoms with Crippen molar-refractivity contribution in [3.8, 4) is 11.8 Å². The van der Waals surface area contributed by atoms with Crippen LogP contribution in [0, 0.1) is 11.3 Å². The third kappa shape index (κ3) is 4.36. The smallest absolute Gasteiger partial charge is 0.422 e. The van der Waals surface area contributed by atoms with Gasteiger partial charge in [0.15, 0.2) is 6.61 Å². The lowest BCUT2D eigenvalue weighted by Crippen LogP contribution is -2.26. The van der Waals surface area contributed by atoms with Crippen molar-refractivity contribution in [2.75, 3.05) is 18.5 Å². The van der Waals surface area contributed by atoms with Gasteiger partial charge in [0, 0.05) is 12.3 Å². The van der Waals surface area contributed by atoms with Gasteiger partial charge >= 0.3 is 6.18 Å². The molecule has 1 aliphatic rings. The van der Waals surface area contributed by atoms with Crippen LogP contribution < -0.4 is 10.1 Å². The fourth-order valence-electron chi connectivity index (χ4n) is 1.99. The summed E-state index contributed by atoms with van der Waals surface area (Å²) in [6.07, 6.45) is -3.61. The maximum Gasteiger partial charge on any atom is 0.422 e. The van der Waals surface area contributed by atoms with Crippen molar-refractivity contribution in [1.29, 1.82) is 5.26 Å². The average Bonchev–Trinajstić information content (AvgIpc) is 2.99. The normalized spacial score (nSPS) is 17.8. The number of alkyl halides is 3. The molecule has 1 aromatic carbocycles. The lowest BCUT2D eigenvalue weighted by molar-refractivity contribution is -0.153. The number of carbonyl (C=O) groups is 1. The third-order valence-corrected chi connectivity index (χ3v) is 2.98. The van der Waals surface area contributed by atoms with Crippen molar-refractivity contribution in [1.82, 2.24) is 0 Å². The van der Waals surface area contributed by atoms with Crippen LogP contribution in [-0.4, -0.2) is 31.4 Å². The van der Waals surface area contributed by atoms with Crippen molar-refractivity contribution in [2.45, 2.75) is 25.1 Å². The lowest BCUT2D eigenvalue weighted by atomic mass is 10.1. The molecule has 1 N–H and O–H groups in total. The molecule has 0 bridgehead atoms. The maximum absolute atomic E-state index is 12.1. The number of hydrogen-bond acceptors (Lipinski definition) is 4. The molecular formula is C14H13F3N2O3. The number of hydrogen-bond donors (Lipinski definition) is 1. The Morgan fingerprint density at radius 3 is 2.86 bits per heavy atom. The summed E-state index contributed by atoms with van der Waals surface area (Å²) in [6.45, 7) is -0.963. The molecule has 1 saturated heterocycles. The van der Waals surface area contributed by atoms with E-state index in [1.54, 1.807) is 6.07 Å². The van der Waals surface area contributed by atoms with Gasteiger partial charge in [-0.15, -0.1) is 0 Å². The molecule has 0 unspecified atom stereocenters. The van der Waals surface area contributed by atoms with Crippen LogP contribution in [-0.2, 0) is 9.53 Å². The van der Waals surface area contributed by atoms with E-state index in [2.05, 4.69) is 10.1 Å². The van der Waals surface area contributed by atoms with Gasteiger partial charge in [-0.25, -0.2) is 0 Å². The summed E-state index contributed by atoms with van der Waals surface area (Å²) >= 11 is 0. The predicted octanol–water partition coefficient (Wildman–Crippen LogP) is 2.62. The Kier molecular flexibility index (Phi) is 4.88. The zero-order chi connectivity index (χ0) is 16.2. The van der Waals surface area contributed by atoms with E-state index in [4.69, 9.17) is 10.00 Å². The van der Waals surface area contributed by atoms with Gasteiger partial charge in [-0.3, -0.25) is 4.79 Å². The molecule has 0 aromatic heterocycles. The summed E-state index contributed by atoms with van der Waals surface area (Å²) in [7, 11) is 0. The van der Waals surface area contributed by atoms with E-state index in [0.717, 1.165) is 6.42 Å². The molecule has 118 valence electrons. The van der Waals surface area contributed by atoms with E-state index >= 15 is 0 Å². The van der Waals surface area contributed by atoms with Gasteiger partial charge in [-0.05, 0) is 31.0 Å². The van der Waals surface area contributed by atoms with E-state index in [-0.39, 0.29) is 17.2 Å². The van der Waals surface area contributed by atoms with Gasteiger partial charge < -0.3 is 14.8 Å². The average molecular weight is 314 g/mol. The van der Waals surface area contributed by atoms with Crippen molar-refractivity contribution >= 4 is 11.6 Å². The largest absolute Gasteiger partial charge is 0.483 e. The predicted molar refractivity (Wildman–Crippen MR) is 70.3 cm³/mol. The maximum atomic E-state index is 12.1. The molecular weight excluding hydrogens is 301 g/mol. The summed E-state index contributed by atoms with van der Waals surface area (Å²) in [5, 5.41) is 11.5. The van der Waals surface area contributed by atoms with Crippen LogP contribution in [0.4, 0.5) is 18.9 Å². The van der Waals surface area contributed by atoms with Crippen molar-refractivity contribution in [3.63, 3.8) is 0 Å². The molecule has 2 rings (SSSR count). The number of amides is 1. The Balaban J connectivity index is 2.05. The molecule has 1 amide bonds. The number of halogens is 3. The number of benzene rings is 1. The minimum absolute atomic E-state index is 0.0885. The highest BCUT2D eigenvalue weighted by atomic mass is 19.4. The van der Waals surface area contributed by atoms with E-state index in [1.807, 2.05) is 0 Å². The summed E-state index contributed by atoms with van der Waals surface area (Å²) in [4.78, 5) is 11.9. The number of nitrogens with zero attached hydrogens (tertiary/aromatic N) is 1. The van der Waals surface area contributed by atoms with Gasteiger partial charge in [0.1, 0.15) is 17.9 Å². The second kappa shape index (κ2) is 6.66. The van der Waals surface area contributed by atoms with Crippen LogP contribution in [0.2, 0.25) is 0 Å². The SMILES string of the molecule is N#Cc1cc(NC(=O)[C@@H]2CCCO2)ccc1OCC(F)(F)F. The van der Waals surface area contributed by atoms with Crippen molar-refractivity contribution < 1.29 is 27.4 Å². The van der Waals surface area contributed by atoms with Gasteiger partial charge in [0.05, 0.1) is 5.56 Å². The van der Waals surface area contributed by atoms with E-state index in [0.29, 0.717) is 18.7 Å². The van der Waals surface area contributed by atoms with Crippen molar-refractivity contribution in [3.05, 3.63) is 23.8 Å². The van der Waals surface area contributed by atoms with Gasteiger partial charge in [0.2, 0.25) is 0 Å². The summed E-state index contributed by atoms with van der Waals surface area (Å²) < 4.78 is 46.2. The second-order valence-electron chi connectivity index (χ2n) is 4.72. The van der Waals surface area contributed by atoms with E-state index in [1.165, 1.54) is 18.2 Å². The van der Waals surface area contributed by atoms with Gasteiger partial charge in [0.25, 0.3) is 5.91 Å². The molecule has 5 nitrogen and oxygen atoms in total. The number of nitriles is 1. The van der Waals surface area contributed by atoms with Crippen LogP contribution in [0.1, 0.15) is 18.4 Å². The quantitative estimate of drug-likeness (QED) is 0.927. The van der Waals surface area contributed by atoms with Crippen LogP contribution in [0.15, 0.2) is 18.2 Å². The fraction of sp³-hybridized carbons (Fsp3) is 0.429.